The molecule has 0 saturated heterocycles. The van der Waals surface area contributed by atoms with Crippen LogP contribution >= 0.6 is 7.37 Å². The van der Waals surface area contributed by atoms with Gasteiger partial charge >= 0.3 is 0 Å². The van der Waals surface area contributed by atoms with Crippen molar-refractivity contribution in [2.75, 3.05) is 18.1 Å². The number of anilines is 1. The van der Waals surface area contributed by atoms with Crippen molar-refractivity contribution < 1.29 is 14.3 Å². The van der Waals surface area contributed by atoms with Gasteiger partial charge in [-0.1, -0.05) is 31.0 Å². The molecule has 5 heteroatoms. The van der Waals surface area contributed by atoms with E-state index in [-0.39, 0.29) is 12.1 Å². The van der Waals surface area contributed by atoms with E-state index in [2.05, 4.69) is 5.32 Å². The van der Waals surface area contributed by atoms with Crippen LogP contribution in [0.2, 0.25) is 0 Å². The Morgan fingerprint density at radius 3 is 2.42 bits per heavy atom. The summed E-state index contributed by atoms with van der Waals surface area (Å²) in [5.41, 5.74) is 0.811. The van der Waals surface area contributed by atoms with Gasteiger partial charge in [-0.2, -0.15) is 0 Å². The van der Waals surface area contributed by atoms with Crippen LogP contribution in [0.25, 0.3) is 0 Å². The minimum absolute atomic E-state index is 0.0104. The van der Waals surface area contributed by atoms with Crippen molar-refractivity contribution in [3.8, 4) is 0 Å². The number of amides is 1. The van der Waals surface area contributed by atoms with Crippen molar-refractivity contribution in [2.24, 2.45) is 0 Å². The number of carbonyl (C=O) groups is 1. The number of unbranched alkanes of at least 4 members (excludes halogenated alkanes) is 3. The molecule has 0 saturated carbocycles. The standard InChI is InChI=1S/C14H22NO3P/c1-19(17,18)12-8-3-2-7-11-14(16)15-13-9-5-4-6-10-13/h4-6,9-10H,2-3,7-8,11-12H2,1H3,(H,15,16)(H,17,18)/p-1. The quantitative estimate of drug-likeness (QED) is 0.588. The highest BCUT2D eigenvalue weighted by molar-refractivity contribution is 7.55. The summed E-state index contributed by atoms with van der Waals surface area (Å²) in [6.07, 6.45) is 3.99. The van der Waals surface area contributed by atoms with Gasteiger partial charge in [0.1, 0.15) is 0 Å². The zero-order chi connectivity index (χ0) is 14.1. The van der Waals surface area contributed by atoms with E-state index < -0.39 is 7.37 Å². The van der Waals surface area contributed by atoms with Gasteiger partial charge in [-0.3, -0.25) is 4.79 Å². The predicted molar refractivity (Wildman–Crippen MR) is 76.6 cm³/mol. The molecule has 0 aliphatic heterocycles. The fourth-order valence-corrected chi connectivity index (χ4v) is 2.58. The van der Waals surface area contributed by atoms with Crippen LogP contribution in [0.5, 0.6) is 0 Å². The average Bonchev–Trinajstić information content (AvgIpc) is 2.33. The summed E-state index contributed by atoms with van der Waals surface area (Å²) in [5.74, 6) is 0.0104. The first-order chi connectivity index (χ1) is 8.97. The first kappa shape index (κ1) is 15.9. The summed E-state index contributed by atoms with van der Waals surface area (Å²) >= 11 is 0. The molecule has 1 aromatic carbocycles. The minimum Gasteiger partial charge on any atom is -0.799 e. The third-order valence-electron chi connectivity index (χ3n) is 2.78. The van der Waals surface area contributed by atoms with Crippen LogP contribution in [-0.4, -0.2) is 18.7 Å². The molecule has 4 nitrogen and oxygen atoms in total. The van der Waals surface area contributed by atoms with Gasteiger partial charge in [0, 0.05) is 19.5 Å². The molecule has 1 atom stereocenters. The predicted octanol–water partition coefficient (Wildman–Crippen LogP) is 2.84. The smallest absolute Gasteiger partial charge is 0.224 e. The number of carbonyl (C=O) groups excluding carboxylic acids is 1. The van der Waals surface area contributed by atoms with Crippen LogP contribution < -0.4 is 10.2 Å². The molecule has 1 N–H and O–H groups in total. The second-order valence-corrected chi connectivity index (χ2v) is 7.29. The normalized spacial score (nSPS) is 13.8. The molecule has 0 radical (unpaired) electrons. The fraction of sp³-hybridized carbons (Fsp3) is 0.500. The second-order valence-electron chi connectivity index (χ2n) is 4.82. The molecule has 1 rings (SSSR count). The summed E-state index contributed by atoms with van der Waals surface area (Å²) in [6, 6.07) is 9.36. The van der Waals surface area contributed by atoms with Gasteiger partial charge in [0.2, 0.25) is 5.91 Å². The highest BCUT2D eigenvalue weighted by atomic mass is 31.2. The van der Waals surface area contributed by atoms with Crippen molar-refractivity contribution in [1.82, 2.24) is 0 Å². The third kappa shape index (κ3) is 8.57. The van der Waals surface area contributed by atoms with Crippen LogP contribution in [0, 0.1) is 0 Å². The Bertz CT molecular complexity index is 428. The maximum Gasteiger partial charge on any atom is 0.224 e. The fourth-order valence-electron chi connectivity index (χ4n) is 1.78. The molecule has 19 heavy (non-hydrogen) atoms. The van der Waals surface area contributed by atoms with Crippen LogP contribution in [0.4, 0.5) is 5.69 Å². The number of hydrogen-bond donors (Lipinski definition) is 1. The molecular weight excluding hydrogens is 261 g/mol. The van der Waals surface area contributed by atoms with Gasteiger partial charge in [-0.05, 0) is 37.8 Å². The maximum absolute atomic E-state index is 11.6. The van der Waals surface area contributed by atoms with Crippen molar-refractivity contribution in [2.45, 2.75) is 32.1 Å². The molecule has 0 aromatic heterocycles. The number of rotatable bonds is 8. The molecule has 0 aliphatic carbocycles. The molecule has 1 amide bonds. The molecule has 106 valence electrons. The Morgan fingerprint density at radius 2 is 1.79 bits per heavy atom. The second kappa shape index (κ2) is 8.13. The largest absolute Gasteiger partial charge is 0.799 e. The highest BCUT2D eigenvalue weighted by Crippen LogP contribution is 2.30. The molecule has 0 bridgehead atoms. The first-order valence-electron chi connectivity index (χ1n) is 6.60. The summed E-state index contributed by atoms with van der Waals surface area (Å²) in [5, 5.41) is 2.82. The topological polar surface area (TPSA) is 69.2 Å². The molecule has 1 unspecified atom stereocenters. The lowest BCUT2D eigenvalue weighted by Crippen LogP contribution is -2.10. The van der Waals surface area contributed by atoms with Gasteiger partial charge in [0.25, 0.3) is 0 Å². The van der Waals surface area contributed by atoms with E-state index in [9.17, 15) is 14.3 Å². The monoisotopic (exact) mass is 282 g/mol. The number of benzene rings is 1. The van der Waals surface area contributed by atoms with E-state index in [1.807, 2.05) is 30.3 Å². The third-order valence-corrected chi connectivity index (χ3v) is 3.90. The Balaban J connectivity index is 2.07. The lowest BCUT2D eigenvalue weighted by Gasteiger charge is -2.16. The molecule has 0 aliphatic rings. The molecule has 0 fully saturated rings. The zero-order valence-electron chi connectivity index (χ0n) is 11.3. The molecule has 1 aromatic rings. The Labute approximate surface area is 114 Å². The first-order valence-corrected chi connectivity index (χ1v) is 8.85. The van der Waals surface area contributed by atoms with Crippen LogP contribution in [0.1, 0.15) is 32.1 Å². The summed E-state index contributed by atoms with van der Waals surface area (Å²) < 4.78 is 10.9. The average molecular weight is 282 g/mol. The van der Waals surface area contributed by atoms with Gasteiger partial charge < -0.3 is 14.8 Å². The highest BCUT2D eigenvalue weighted by Gasteiger charge is 2.02. The SMILES string of the molecule is CP(=O)([O-])CCCCCCC(=O)Nc1ccccc1. The van der Waals surface area contributed by atoms with Crippen LogP contribution in [0.15, 0.2) is 30.3 Å². The number of hydrogen-bond acceptors (Lipinski definition) is 3. The van der Waals surface area contributed by atoms with Gasteiger partial charge in [-0.25, -0.2) is 0 Å². The van der Waals surface area contributed by atoms with E-state index in [0.717, 1.165) is 24.9 Å². The van der Waals surface area contributed by atoms with E-state index in [0.29, 0.717) is 12.8 Å². The lowest BCUT2D eigenvalue weighted by atomic mass is 10.1. The Morgan fingerprint density at radius 1 is 1.16 bits per heavy atom. The molecule has 0 spiro atoms. The van der Waals surface area contributed by atoms with Crippen molar-refractivity contribution in [1.29, 1.82) is 0 Å². The molecular formula is C14H21NO3P-. The van der Waals surface area contributed by atoms with Crippen molar-refractivity contribution in [3.63, 3.8) is 0 Å². The van der Waals surface area contributed by atoms with Gasteiger partial charge in [0.15, 0.2) is 0 Å². The number of para-hydroxylation sites is 1. The molecule has 0 heterocycles. The van der Waals surface area contributed by atoms with E-state index in [1.54, 1.807) is 0 Å². The minimum atomic E-state index is -3.11. The van der Waals surface area contributed by atoms with Gasteiger partial charge in [0.05, 0.1) is 0 Å². The van der Waals surface area contributed by atoms with Gasteiger partial charge in [-0.15, -0.1) is 0 Å². The van der Waals surface area contributed by atoms with E-state index in [4.69, 9.17) is 0 Å². The zero-order valence-corrected chi connectivity index (χ0v) is 12.2. The lowest BCUT2D eigenvalue weighted by molar-refractivity contribution is -0.173. The Kier molecular flexibility index (Phi) is 6.82. The summed E-state index contributed by atoms with van der Waals surface area (Å²) in [4.78, 5) is 22.5. The van der Waals surface area contributed by atoms with Crippen LogP contribution in [0.3, 0.4) is 0 Å². The van der Waals surface area contributed by atoms with E-state index in [1.165, 1.54) is 6.66 Å². The summed E-state index contributed by atoms with van der Waals surface area (Å²) in [7, 11) is -3.11. The van der Waals surface area contributed by atoms with Crippen LogP contribution in [-0.2, 0) is 9.36 Å². The number of nitrogens with one attached hydrogen (secondary N) is 1. The van der Waals surface area contributed by atoms with Crippen molar-refractivity contribution >= 4 is 19.0 Å². The van der Waals surface area contributed by atoms with Crippen molar-refractivity contribution in [3.05, 3.63) is 30.3 Å². The maximum atomic E-state index is 11.6. The van der Waals surface area contributed by atoms with E-state index >= 15 is 0 Å². The summed E-state index contributed by atoms with van der Waals surface area (Å²) in [6.45, 7) is 1.28. The Hall–Kier alpha value is -1.12.